The second-order valence-corrected chi connectivity index (χ2v) is 8.03. The SMILES string of the molecule is CCOC(=O)C1=C(C)N2CCn3c2c(c(=O)c2cc(Cl)ccc23)C1c1ccccc1. The molecule has 3 aromatic rings. The van der Waals surface area contributed by atoms with Crippen molar-refractivity contribution >= 4 is 34.3 Å². The predicted octanol–water partition coefficient (Wildman–Crippen LogP) is 4.46. The molecule has 0 N–H and O–H groups in total. The van der Waals surface area contributed by atoms with E-state index in [9.17, 15) is 9.59 Å². The number of halogens is 1. The Morgan fingerprint density at radius 3 is 2.67 bits per heavy atom. The smallest absolute Gasteiger partial charge is 0.336 e. The zero-order valence-corrected chi connectivity index (χ0v) is 17.6. The van der Waals surface area contributed by atoms with E-state index in [-0.39, 0.29) is 18.0 Å². The topological polar surface area (TPSA) is 51.5 Å². The predicted molar refractivity (Wildman–Crippen MR) is 118 cm³/mol. The lowest BCUT2D eigenvalue weighted by Gasteiger charge is -2.34. The molecule has 0 saturated heterocycles. The normalized spacial score (nSPS) is 17.4. The third-order valence-electron chi connectivity index (χ3n) is 6.04. The summed E-state index contributed by atoms with van der Waals surface area (Å²) >= 11 is 6.23. The number of esters is 1. The van der Waals surface area contributed by atoms with E-state index in [4.69, 9.17) is 16.3 Å². The van der Waals surface area contributed by atoms with Crippen LogP contribution < -0.4 is 10.3 Å². The van der Waals surface area contributed by atoms with Crippen LogP contribution in [0.1, 0.15) is 30.9 Å². The quantitative estimate of drug-likeness (QED) is 0.587. The molecule has 0 radical (unpaired) electrons. The van der Waals surface area contributed by atoms with Gasteiger partial charge in [0.15, 0.2) is 5.43 Å². The van der Waals surface area contributed by atoms with Gasteiger partial charge in [-0.2, -0.15) is 0 Å². The summed E-state index contributed by atoms with van der Waals surface area (Å²) in [5, 5.41) is 1.10. The number of carbonyl (C=O) groups is 1. The van der Waals surface area contributed by atoms with Gasteiger partial charge in [-0.05, 0) is 37.6 Å². The molecule has 3 heterocycles. The van der Waals surface area contributed by atoms with Gasteiger partial charge in [0.1, 0.15) is 5.82 Å². The number of carbonyl (C=O) groups excluding carboxylic acids is 1. The maximum atomic E-state index is 13.8. The van der Waals surface area contributed by atoms with E-state index in [1.54, 1.807) is 13.0 Å². The minimum Gasteiger partial charge on any atom is -0.463 e. The molecule has 0 saturated carbocycles. The number of aromatic nitrogens is 1. The molecule has 6 heteroatoms. The highest BCUT2D eigenvalue weighted by molar-refractivity contribution is 6.31. The van der Waals surface area contributed by atoms with Crippen LogP contribution in [-0.2, 0) is 16.1 Å². The Balaban J connectivity index is 1.90. The summed E-state index contributed by atoms with van der Waals surface area (Å²) in [4.78, 5) is 28.9. The zero-order chi connectivity index (χ0) is 21.0. The molecule has 1 aromatic heterocycles. The first-order chi connectivity index (χ1) is 14.5. The summed E-state index contributed by atoms with van der Waals surface area (Å²) in [7, 11) is 0. The van der Waals surface area contributed by atoms with Crippen molar-refractivity contribution in [3.05, 3.63) is 86.2 Å². The van der Waals surface area contributed by atoms with Gasteiger partial charge in [-0.1, -0.05) is 41.9 Å². The molecule has 1 unspecified atom stereocenters. The average Bonchev–Trinajstić information content (AvgIpc) is 3.19. The first kappa shape index (κ1) is 18.9. The van der Waals surface area contributed by atoms with Crippen LogP contribution in [0.4, 0.5) is 5.82 Å². The van der Waals surface area contributed by atoms with Crippen molar-refractivity contribution in [1.82, 2.24) is 4.57 Å². The fourth-order valence-corrected chi connectivity index (χ4v) is 4.97. The minimum atomic E-state index is -0.489. The molecule has 5 rings (SSSR count). The number of rotatable bonds is 3. The van der Waals surface area contributed by atoms with Crippen molar-refractivity contribution in [3.8, 4) is 0 Å². The number of ether oxygens (including phenoxy) is 1. The molecule has 0 bridgehead atoms. The van der Waals surface area contributed by atoms with Crippen molar-refractivity contribution in [2.75, 3.05) is 18.1 Å². The van der Waals surface area contributed by atoms with E-state index in [1.807, 2.05) is 49.4 Å². The summed E-state index contributed by atoms with van der Waals surface area (Å²) in [5.41, 5.74) is 3.66. The first-order valence-corrected chi connectivity index (χ1v) is 10.5. The second-order valence-electron chi connectivity index (χ2n) is 7.59. The first-order valence-electron chi connectivity index (χ1n) is 10.1. The fourth-order valence-electron chi connectivity index (χ4n) is 4.79. The van der Waals surface area contributed by atoms with Gasteiger partial charge >= 0.3 is 5.97 Å². The lowest BCUT2D eigenvalue weighted by molar-refractivity contribution is -0.138. The van der Waals surface area contributed by atoms with E-state index >= 15 is 0 Å². The molecule has 0 spiro atoms. The van der Waals surface area contributed by atoms with Crippen LogP contribution in [0.15, 0.2) is 64.6 Å². The van der Waals surface area contributed by atoms with Gasteiger partial charge in [0.05, 0.1) is 29.2 Å². The third kappa shape index (κ3) is 2.62. The van der Waals surface area contributed by atoms with Gasteiger partial charge in [0.2, 0.25) is 0 Å². The standard InChI is InChI=1S/C24H21ClN2O3/c1-3-30-24(29)19-14(2)26-11-12-27-18-10-9-16(25)13-17(18)22(28)21(23(26)27)20(19)15-7-5-4-6-8-15/h4-10,13,20H,3,11-12H2,1-2H3. The molecule has 0 amide bonds. The van der Waals surface area contributed by atoms with E-state index in [2.05, 4.69) is 9.47 Å². The van der Waals surface area contributed by atoms with E-state index in [0.717, 1.165) is 29.1 Å². The number of pyridine rings is 1. The molecule has 2 aliphatic heterocycles. The van der Waals surface area contributed by atoms with Gasteiger partial charge in [0, 0.05) is 29.2 Å². The highest BCUT2D eigenvalue weighted by atomic mass is 35.5. The number of hydrogen-bond acceptors (Lipinski definition) is 4. The van der Waals surface area contributed by atoms with Gasteiger partial charge in [0.25, 0.3) is 0 Å². The molecule has 1 atom stereocenters. The van der Waals surface area contributed by atoms with Crippen LogP contribution in [0, 0.1) is 0 Å². The molecule has 5 nitrogen and oxygen atoms in total. The Kier molecular flexibility index (Phi) is 4.44. The van der Waals surface area contributed by atoms with Crippen LogP contribution >= 0.6 is 11.6 Å². The number of hydrogen-bond donors (Lipinski definition) is 0. The summed E-state index contributed by atoms with van der Waals surface area (Å²) in [5.74, 6) is 0.00417. The second kappa shape index (κ2) is 7.03. The number of nitrogens with zero attached hydrogens (tertiary/aromatic N) is 2. The number of benzene rings is 2. The molecular formula is C24H21ClN2O3. The Bertz CT molecular complexity index is 1280. The van der Waals surface area contributed by atoms with Gasteiger partial charge in [-0.15, -0.1) is 0 Å². The largest absolute Gasteiger partial charge is 0.463 e. The Labute approximate surface area is 179 Å². The molecule has 0 fully saturated rings. The summed E-state index contributed by atoms with van der Waals surface area (Å²) in [6.07, 6.45) is 0. The number of allylic oxidation sites excluding steroid dienone is 1. The van der Waals surface area contributed by atoms with Crippen molar-refractivity contribution in [1.29, 1.82) is 0 Å². The van der Waals surface area contributed by atoms with Crippen LogP contribution in [0.25, 0.3) is 10.9 Å². The van der Waals surface area contributed by atoms with Crippen molar-refractivity contribution in [2.24, 2.45) is 0 Å². The highest BCUT2D eigenvalue weighted by Gasteiger charge is 2.42. The molecule has 0 aliphatic carbocycles. The summed E-state index contributed by atoms with van der Waals surface area (Å²) < 4.78 is 7.59. The van der Waals surface area contributed by atoms with E-state index < -0.39 is 5.92 Å². The Hall–Kier alpha value is -3.05. The van der Waals surface area contributed by atoms with Crippen LogP contribution in [0.5, 0.6) is 0 Å². The maximum Gasteiger partial charge on any atom is 0.336 e. The molecular weight excluding hydrogens is 400 g/mol. The van der Waals surface area contributed by atoms with Gasteiger partial charge in [-0.3, -0.25) is 4.79 Å². The average molecular weight is 421 g/mol. The van der Waals surface area contributed by atoms with Crippen LogP contribution in [0.3, 0.4) is 0 Å². The van der Waals surface area contributed by atoms with Crippen LogP contribution in [-0.4, -0.2) is 23.7 Å². The van der Waals surface area contributed by atoms with Gasteiger partial charge in [-0.25, -0.2) is 4.79 Å². The third-order valence-corrected chi connectivity index (χ3v) is 6.27. The maximum absolute atomic E-state index is 13.8. The molecule has 2 aliphatic rings. The summed E-state index contributed by atoms with van der Waals surface area (Å²) in [6.45, 7) is 5.44. The zero-order valence-electron chi connectivity index (χ0n) is 16.8. The van der Waals surface area contributed by atoms with Crippen molar-refractivity contribution < 1.29 is 9.53 Å². The van der Waals surface area contributed by atoms with Crippen LogP contribution in [0.2, 0.25) is 5.02 Å². The van der Waals surface area contributed by atoms with E-state index in [1.165, 1.54) is 0 Å². The lowest BCUT2D eigenvalue weighted by atomic mass is 9.80. The minimum absolute atomic E-state index is 0.0891. The number of fused-ring (bicyclic) bond motifs is 2. The Morgan fingerprint density at radius 2 is 1.93 bits per heavy atom. The van der Waals surface area contributed by atoms with Crippen molar-refractivity contribution in [2.45, 2.75) is 26.3 Å². The lowest BCUT2D eigenvalue weighted by Crippen LogP contribution is -2.35. The number of anilines is 1. The molecule has 2 aromatic carbocycles. The van der Waals surface area contributed by atoms with Crippen molar-refractivity contribution in [3.63, 3.8) is 0 Å². The van der Waals surface area contributed by atoms with E-state index in [0.29, 0.717) is 28.1 Å². The monoisotopic (exact) mass is 420 g/mol. The summed E-state index contributed by atoms with van der Waals surface area (Å²) in [6, 6.07) is 15.1. The van der Waals surface area contributed by atoms with Gasteiger partial charge < -0.3 is 14.2 Å². The molecule has 152 valence electrons. The fraction of sp³-hybridized carbons (Fsp3) is 0.250. The molecule has 30 heavy (non-hydrogen) atoms. The Morgan fingerprint density at radius 1 is 1.17 bits per heavy atom. The highest BCUT2D eigenvalue weighted by Crippen LogP contribution is 2.46.